The molecule has 0 atom stereocenters. The van der Waals surface area contributed by atoms with Gasteiger partial charge < -0.3 is 5.32 Å². The zero-order chi connectivity index (χ0) is 23.2. The second kappa shape index (κ2) is 7.70. The molecule has 4 aromatic rings. The lowest BCUT2D eigenvalue weighted by atomic mass is 10.1. The van der Waals surface area contributed by atoms with E-state index in [1.54, 1.807) is 0 Å². The van der Waals surface area contributed by atoms with Crippen molar-refractivity contribution in [3.8, 4) is 11.3 Å². The lowest BCUT2D eigenvalue weighted by Crippen LogP contribution is -2.17. The van der Waals surface area contributed by atoms with Crippen molar-refractivity contribution in [3.05, 3.63) is 76.5 Å². The highest BCUT2D eigenvalue weighted by molar-refractivity contribution is 6.02. The van der Waals surface area contributed by atoms with E-state index in [0.717, 1.165) is 34.9 Å². The first-order valence-corrected chi connectivity index (χ1v) is 9.53. The summed E-state index contributed by atoms with van der Waals surface area (Å²) in [4.78, 5) is 20.7. The number of nitrogens with zero attached hydrogens (tertiary/aromatic N) is 4. The van der Waals surface area contributed by atoms with Crippen molar-refractivity contribution in [2.75, 3.05) is 5.32 Å². The third kappa shape index (κ3) is 4.03. The molecule has 0 unspecified atom stereocenters. The van der Waals surface area contributed by atoms with Crippen LogP contribution in [0.5, 0.6) is 0 Å². The maximum absolute atomic E-state index is 13.7. The number of hydrogen-bond donors (Lipinski definition) is 1. The monoisotopic (exact) mass is 443 g/mol. The summed E-state index contributed by atoms with van der Waals surface area (Å²) in [6.45, 7) is 5.54. The quantitative estimate of drug-likeness (QED) is 0.446. The van der Waals surface area contributed by atoms with Gasteiger partial charge in [-0.25, -0.2) is 9.37 Å². The zero-order valence-corrected chi connectivity index (χ0v) is 17.3. The Morgan fingerprint density at radius 3 is 2.19 bits per heavy atom. The minimum absolute atomic E-state index is 0.0746. The van der Waals surface area contributed by atoms with Gasteiger partial charge in [0, 0.05) is 11.3 Å². The van der Waals surface area contributed by atoms with Crippen LogP contribution in [0, 0.1) is 26.6 Å². The number of fused-ring (bicyclic) bond motifs is 1. The highest BCUT2D eigenvalue weighted by Crippen LogP contribution is 2.32. The second-order valence-electron chi connectivity index (χ2n) is 7.41. The number of alkyl halides is 3. The summed E-state index contributed by atoms with van der Waals surface area (Å²) in [5, 5.41) is 6.42. The summed E-state index contributed by atoms with van der Waals surface area (Å²) in [5.74, 6) is -2.16. The number of benzene rings is 2. The van der Waals surface area contributed by atoms with Crippen molar-refractivity contribution in [3.63, 3.8) is 0 Å². The fourth-order valence-corrected chi connectivity index (χ4v) is 3.48. The Morgan fingerprint density at radius 2 is 1.59 bits per heavy atom. The van der Waals surface area contributed by atoms with E-state index in [-0.39, 0.29) is 11.3 Å². The van der Waals surface area contributed by atoms with Gasteiger partial charge in [-0.2, -0.15) is 22.7 Å². The van der Waals surface area contributed by atoms with Gasteiger partial charge in [-0.1, -0.05) is 17.7 Å². The molecule has 2 aromatic heterocycles. The van der Waals surface area contributed by atoms with Gasteiger partial charge in [-0.05, 0) is 62.2 Å². The molecule has 1 N–H and O–H groups in total. The van der Waals surface area contributed by atoms with Gasteiger partial charge in [0.2, 0.25) is 5.82 Å². The topological polar surface area (TPSA) is 72.2 Å². The van der Waals surface area contributed by atoms with Crippen LogP contribution in [-0.4, -0.2) is 25.5 Å². The van der Waals surface area contributed by atoms with Crippen LogP contribution in [-0.2, 0) is 6.18 Å². The molecule has 0 aliphatic carbocycles. The van der Waals surface area contributed by atoms with E-state index >= 15 is 0 Å². The molecule has 0 fully saturated rings. The Kier molecular flexibility index (Phi) is 5.15. The molecular weight excluding hydrogens is 426 g/mol. The van der Waals surface area contributed by atoms with Gasteiger partial charge in [0.1, 0.15) is 5.82 Å². The highest BCUT2D eigenvalue weighted by Gasteiger charge is 2.36. The van der Waals surface area contributed by atoms with Gasteiger partial charge in [-0.15, -0.1) is 5.10 Å². The van der Waals surface area contributed by atoms with E-state index in [0.29, 0.717) is 10.2 Å². The fourth-order valence-electron chi connectivity index (χ4n) is 3.48. The number of amides is 1. The Morgan fingerprint density at radius 1 is 0.969 bits per heavy atom. The van der Waals surface area contributed by atoms with Crippen LogP contribution in [0.4, 0.5) is 23.2 Å². The van der Waals surface area contributed by atoms with Gasteiger partial charge in [0.15, 0.2) is 5.69 Å². The first-order chi connectivity index (χ1) is 15.0. The van der Waals surface area contributed by atoms with E-state index in [2.05, 4.69) is 20.4 Å². The number of aryl methyl sites for hydroxylation is 3. The lowest BCUT2D eigenvalue weighted by molar-refractivity contribution is -0.142. The Hall–Kier alpha value is -3.82. The van der Waals surface area contributed by atoms with E-state index in [1.165, 1.54) is 12.1 Å². The molecule has 4 rings (SSSR count). The maximum atomic E-state index is 13.7. The highest BCUT2D eigenvalue weighted by atomic mass is 19.4. The van der Waals surface area contributed by atoms with Crippen molar-refractivity contribution in [2.24, 2.45) is 0 Å². The molecule has 10 heteroatoms. The standard InChI is InChI=1S/C22H17F4N5O/c1-11-8-12(2)18(13(3)9-11)28-20(32)19-29-21-27-16(14-4-6-15(23)7-5-14)10-17(22(24,25)26)31(21)30-19/h4-10H,1-3H3,(H,28,32). The molecule has 0 aliphatic rings. The zero-order valence-electron chi connectivity index (χ0n) is 17.3. The molecule has 2 aromatic carbocycles. The number of carbonyl (C=O) groups is 1. The summed E-state index contributed by atoms with van der Waals surface area (Å²) < 4.78 is 54.8. The van der Waals surface area contributed by atoms with E-state index in [1.807, 2.05) is 32.9 Å². The normalized spacial score (nSPS) is 11.7. The predicted octanol–water partition coefficient (Wildman–Crippen LogP) is 5.13. The average molecular weight is 443 g/mol. The van der Waals surface area contributed by atoms with Crippen molar-refractivity contribution in [2.45, 2.75) is 26.9 Å². The largest absolute Gasteiger partial charge is 0.433 e. The molecule has 6 nitrogen and oxygen atoms in total. The first kappa shape index (κ1) is 21.4. The van der Waals surface area contributed by atoms with Gasteiger partial charge in [-0.3, -0.25) is 4.79 Å². The molecule has 1 amide bonds. The molecule has 32 heavy (non-hydrogen) atoms. The lowest BCUT2D eigenvalue weighted by Gasteiger charge is -2.11. The first-order valence-electron chi connectivity index (χ1n) is 9.53. The SMILES string of the molecule is Cc1cc(C)c(NC(=O)c2nc3nc(-c4ccc(F)cc4)cc(C(F)(F)F)n3n2)c(C)c1. The number of halogens is 4. The van der Waals surface area contributed by atoms with Crippen molar-refractivity contribution in [1.82, 2.24) is 19.6 Å². The number of anilines is 1. The summed E-state index contributed by atoms with van der Waals surface area (Å²) in [7, 11) is 0. The summed E-state index contributed by atoms with van der Waals surface area (Å²) in [6, 6.07) is 9.37. The predicted molar refractivity (Wildman–Crippen MR) is 110 cm³/mol. The minimum atomic E-state index is -4.79. The number of carbonyl (C=O) groups excluding carboxylic acids is 1. The molecule has 0 saturated carbocycles. The van der Waals surface area contributed by atoms with Crippen molar-refractivity contribution in [1.29, 1.82) is 0 Å². The van der Waals surface area contributed by atoms with E-state index in [4.69, 9.17) is 0 Å². The molecule has 0 radical (unpaired) electrons. The summed E-state index contributed by atoms with van der Waals surface area (Å²) >= 11 is 0. The van der Waals surface area contributed by atoms with E-state index < -0.39 is 35.2 Å². The number of nitrogens with one attached hydrogen (secondary N) is 1. The molecule has 0 saturated heterocycles. The Labute approximate surface area is 179 Å². The molecule has 0 bridgehead atoms. The van der Waals surface area contributed by atoms with Crippen LogP contribution in [0.1, 0.15) is 33.0 Å². The molecule has 0 spiro atoms. The third-order valence-electron chi connectivity index (χ3n) is 4.86. The van der Waals surface area contributed by atoms with Crippen LogP contribution in [0.25, 0.3) is 17.0 Å². The van der Waals surface area contributed by atoms with E-state index in [9.17, 15) is 22.4 Å². The molecule has 2 heterocycles. The van der Waals surface area contributed by atoms with Crippen LogP contribution < -0.4 is 5.32 Å². The molecule has 0 aliphatic heterocycles. The minimum Gasteiger partial charge on any atom is -0.319 e. The molecule has 164 valence electrons. The van der Waals surface area contributed by atoms with Crippen molar-refractivity contribution >= 4 is 17.4 Å². The smallest absolute Gasteiger partial charge is 0.319 e. The second-order valence-corrected chi connectivity index (χ2v) is 7.41. The summed E-state index contributed by atoms with van der Waals surface area (Å²) in [5.41, 5.74) is 2.18. The van der Waals surface area contributed by atoms with Crippen LogP contribution in [0.15, 0.2) is 42.5 Å². The Bertz CT molecular complexity index is 1320. The number of aromatic nitrogens is 4. The maximum Gasteiger partial charge on any atom is 0.433 e. The number of hydrogen-bond acceptors (Lipinski definition) is 4. The molecular formula is C22H17F4N5O. The Balaban J connectivity index is 1.79. The van der Waals surface area contributed by atoms with Gasteiger partial charge in [0.25, 0.3) is 11.7 Å². The summed E-state index contributed by atoms with van der Waals surface area (Å²) in [6.07, 6.45) is -4.79. The number of rotatable bonds is 3. The fraction of sp³-hybridized carbons (Fsp3) is 0.182. The van der Waals surface area contributed by atoms with Crippen LogP contribution in [0.2, 0.25) is 0 Å². The van der Waals surface area contributed by atoms with Gasteiger partial charge >= 0.3 is 6.18 Å². The third-order valence-corrected chi connectivity index (χ3v) is 4.86. The van der Waals surface area contributed by atoms with Crippen LogP contribution in [0.3, 0.4) is 0 Å². The average Bonchev–Trinajstić information content (AvgIpc) is 3.13. The van der Waals surface area contributed by atoms with Gasteiger partial charge in [0.05, 0.1) is 5.69 Å². The van der Waals surface area contributed by atoms with Crippen molar-refractivity contribution < 1.29 is 22.4 Å². The van der Waals surface area contributed by atoms with Crippen LogP contribution >= 0.6 is 0 Å².